The molecule has 0 saturated heterocycles. The van der Waals surface area contributed by atoms with Crippen LogP contribution in [0.3, 0.4) is 0 Å². The van der Waals surface area contributed by atoms with Crippen LogP contribution in [0, 0.1) is 11.8 Å². The topological polar surface area (TPSA) is 63.3 Å². The molecule has 0 bridgehead atoms. The molecule has 3 N–H and O–H groups in total. The van der Waals surface area contributed by atoms with Crippen LogP contribution in [0.25, 0.3) is 0 Å². The number of hydrogen-bond donors (Lipinski definition) is 3. The highest BCUT2D eigenvalue weighted by atomic mass is 32.1. The SMILES string of the molecule is Nc1ccc(C(=O)O)cc1C#CCS. The first-order valence-corrected chi connectivity index (χ1v) is 4.51. The largest absolute Gasteiger partial charge is 0.478 e. The van der Waals surface area contributed by atoms with E-state index in [2.05, 4.69) is 24.5 Å². The number of nitrogens with two attached hydrogens (primary N) is 1. The summed E-state index contributed by atoms with van der Waals surface area (Å²) in [5.41, 5.74) is 6.80. The van der Waals surface area contributed by atoms with Crippen LogP contribution in [0.2, 0.25) is 0 Å². The summed E-state index contributed by atoms with van der Waals surface area (Å²) in [6.07, 6.45) is 0. The van der Waals surface area contributed by atoms with E-state index < -0.39 is 5.97 Å². The Morgan fingerprint density at radius 1 is 1.57 bits per heavy atom. The molecule has 0 amide bonds. The molecule has 0 heterocycles. The van der Waals surface area contributed by atoms with Crippen LogP contribution in [0.15, 0.2) is 18.2 Å². The van der Waals surface area contributed by atoms with Crippen molar-refractivity contribution in [3.05, 3.63) is 29.3 Å². The minimum atomic E-state index is -0.987. The van der Waals surface area contributed by atoms with Crippen LogP contribution in [0.5, 0.6) is 0 Å². The van der Waals surface area contributed by atoms with E-state index in [9.17, 15) is 4.79 Å². The molecule has 0 fully saturated rings. The summed E-state index contributed by atoms with van der Waals surface area (Å²) >= 11 is 3.92. The molecule has 72 valence electrons. The lowest BCUT2D eigenvalue weighted by atomic mass is 10.1. The number of anilines is 1. The highest BCUT2D eigenvalue weighted by molar-refractivity contribution is 7.80. The number of carbonyl (C=O) groups is 1. The van der Waals surface area contributed by atoms with Crippen LogP contribution in [0.1, 0.15) is 15.9 Å². The number of carboxylic acid groups (broad SMARTS) is 1. The maximum atomic E-state index is 10.6. The number of carboxylic acids is 1. The minimum Gasteiger partial charge on any atom is -0.478 e. The monoisotopic (exact) mass is 207 g/mol. The number of thiol groups is 1. The third kappa shape index (κ3) is 2.44. The van der Waals surface area contributed by atoms with E-state index in [-0.39, 0.29) is 5.56 Å². The van der Waals surface area contributed by atoms with Gasteiger partial charge in [0.15, 0.2) is 0 Å². The summed E-state index contributed by atoms with van der Waals surface area (Å²) in [6, 6.07) is 4.43. The number of hydrogen-bond acceptors (Lipinski definition) is 3. The molecule has 0 radical (unpaired) electrons. The second-order valence-corrected chi connectivity index (χ2v) is 2.88. The molecule has 4 heteroatoms. The maximum absolute atomic E-state index is 10.6. The zero-order chi connectivity index (χ0) is 10.6. The van der Waals surface area contributed by atoms with Crippen LogP contribution in [-0.2, 0) is 0 Å². The van der Waals surface area contributed by atoms with Gasteiger partial charge in [-0.1, -0.05) is 11.8 Å². The van der Waals surface area contributed by atoms with E-state index >= 15 is 0 Å². The van der Waals surface area contributed by atoms with Gasteiger partial charge >= 0.3 is 5.97 Å². The van der Waals surface area contributed by atoms with Gasteiger partial charge in [-0.05, 0) is 18.2 Å². The third-order valence-electron chi connectivity index (χ3n) is 1.60. The molecule has 0 atom stereocenters. The molecule has 1 aromatic rings. The Morgan fingerprint density at radius 3 is 2.86 bits per heavy atom. The van der Waals surface area contributed by atoms with Crippen LogP contribution in [0.4, 0.5) is 5.69 Å². The first-order chi connectivity index (χ1) is 6.65. The van der Waals surface area contributed by atoms with E-state index in [4.69, 9.17) is 10.8 Å². The number of benzene rings is 1. The maximum Gasteiger partial charge on any atom is 0.335 e. The van der Waals surface area contributed by atoms with Crippen LogP contribution < -0.4 is 5.73 Å². The van der Waals surface area contributed by atoms with Crippen molar-refractivity contribution in [1.29, 1.82) is 0 Å². The lowest BCUT2D eigenvalue weighted by Gasteiger charge is -1.99. The van der Waals surface area contributed by atoms with Gasteiger partial charge in [-0.15, -0.1) is 0 Å². The zero-order valence-electron chi connectivity index (χ0n) is 7.32. The molecule has 0 aliphatic heterocycles. The summed E-state index contributed by atoms with van der Waals surface area (Å²) in [6.45, 7) is 0. The highest BCUT2D eigenvalue weighted by Gasteiger charge is 2.04. The molecule has 3 nitrogen and oxygen atoms in total. The van der Waals surface area contributed by atoms with E-state index in [1.54, 1.807) is 0 Å². The van der Waals surface area contributed by atoms with Gasteiger partial charge < -0.3 is 10.8 Å². The fourth-order valence-corrected chi connectivity index (χ4v) is 1.01. The molecule has 0 aliphatic rings. The first-order valence-electron chi connectivity index (χ1n) is 3.87. The predicted molar refractivity (Wildman–Crippen MR) is 58.5 cm³/mol. The smallest absolute Gasteiger partial charge is 0.335 e. The molecule has 1 aromatic carbocycles. The van der Waals surface area contributed by atoms with Crippen molar-refractivity contribution < 1.29 is 9.90 Å². The Morgan fingerprint density at radius 2 is 2.29 bits per heavy atom. The summed E-state index contributed by atoms with van der Waals surface area (Å²) in [5.74, 6) is 4.88. The van der Waals surface area contributed by atoms with E-state index in [1.807, 2.05) is 0 Å². The Kier molecular flexibility index (Phi) is 3.43. The molecule has 14 heavy (non-hydrogen) atoms. The Labute approximate surface area is 87.3 Å². The summed E-state index contributed by atoms with van der Waals surface area (Å²) in [4.78, 5) is 10.6. The third-order valence-corrected chi connectivity index (χ3v) is 1.76. The van der Waals surface area contributed by atoms with Crippen LogP contribution in [-0.4, -0.2) is 16.8 Å². The normalized spacial score (nSPS) is 8.93. The number of aromatic carboxylic acids is 1. The van der Waals surface area contributed by atoms with Gasteiger partial charge in [0.25, 0.3) is 0 Å². The standard InChI is InChI=1S/C10H9NO2S/c11-9-4-3-8(10(12)13)6-7(9)2-1-5-14/h3-4,6,14H,5,11H2,(H,12,13). The number of rotatable bonds is 1. The molecule has 0 aliphatic carbocycles. The van der Waals surface area contributed by atoms with Crippen molar-refractivity contribution in [2.24, 2.45) is 0 Å². The average Bonchev–Trinajstić information content (AvgIpc) is 2.16. The molecule has 0 aromatic heterocycles. The minimum absolute atomic E-state index is 0.183. The molecule has 0 spiro atoms. The summed E-state index contributed by atoms with van der Waals surface area (Å²) in [7, 11) is 0. The Balaban J connectivity index is 3.14. The summed E-state index contributed by atoms with van der Waals surface area (Å²) < 4.78 is 0. The fraction of sp³-hybridized carbons (Fsp3) is 0.100. The second-order valence-electron chi connectivity index (χ2n) is 2.57. The molecule has 1 rings (SSSR count). The fourth-order valence-electron chi connectivity index (χ4n) is 0.932. The molecule has 0 saturated carbocycles. The highest BCUT2D eigenvalue weighted by Crippen LogP contribution is 2.12. The van der Waals surface area contributed by atoms with Gasteiger partial charge in [0.05, 0.1) is 11.3 Å². The Bertz CT molecular complexity index is 418. The van der Waals surface area contributed by atoms with Crippen molar-refractivity contribution in [3.8, 4) is 11.8 Å². The second kappa shape index (κ2) is 4.58. The predicted octanol–water partition coefficient (Wildman–Crippen LogP) is 1.25. The molecule has 0 unspecified atom stereocenters. The van der Waals surface area contributed by atoms with Gasteiger partial charge in [-0.3, -0.25) is 0 Å². The molecular weight excluding hydrogens is 198 g/mol. The Hall–Kier alpha value is -1.60. The van der Waals surface area contributed by atoms with Gasteiger partial charge in [-0.25, -0.2) is 4.79 Å². The summed E-state index contributed by atoms with van der Waals surface area (Å²) in [5, 5.41) is 8.72. The van der Waals surface area contributed by atoms with Crippen molar-refractivity contribution in [2.75, 3.05) is 11.5 Å². The quantitative estimate of drug-likeness (QED) is 0.369. The van der Waals surface area contributed by atoms with E-state index in [0.717, 1.165) is 0 Å². The van der Waals surface area contributed by atoms with Gasteiger partial charge in [0.1, 0.15) is 0 Å². The van der Waals surface area contributed by atoms with Crippen molar-refractivity contribution in [2.45, 2.75) is 0 Å². The van der Waals surface area contributed by atoms with Crippen molar-refractivity contribution in [1.82, 2.24) is 0 Å². The van der Waals surface area contributed by atoms with E-state index in [1.165, 1.54) is 18.2 Å². The average molecular weight is 207 g/mol. The molecular formula is C10H9NO2S. The van der Waals surface area contributed by atoms with Gasteiger partial charge in [-0.2, -0.15) is 12.6 Å². The first kappa shape index (κ1) is 10.5. The van der Waals surface area contributed by atoms with Crippen LogP contribution >= 0.6 is 12.6 Å². The van der Waals surface area contributed by atoms with Crippen molar-refractivity contribution >= 4 is 24.3 Å². The van der Waals surface area contributed by atoms with Gasteiger partial charge in [0.2, 0.25) is 0 Å². The van der Waals surface area contributed by atoms with Gasteiger partial charge in [0, 0.05) is 11.3 Å². The number of nitrogen functional groups attached to an aromatic ring is 1. The van der Waals surface area contributed by atoms with Crippen molar-refractivity contribution in [3.63, 3.8) is 0 Å². The van der Waals surface area contributed by atoms with E-state index in [0.29, 0.717) is 17.0 Å². The zero-order valence-corrected chi connectivity index (χ0v) is 8.21. The lowest BCUT2D eigenvalue weighted by Crippen LogP contribution is -1.99. The lowest BCUT2D eigenvalue weighted by molar-refractivity contribution is 0.0697.